The Morgan fingerprint density at radius 1 is 1.38 bits per heavy atom. The summed E-state index contributed by atoms with van der Waals surface area (Å²) < 4.78 is 5.17. The van der Waals surface area contributed by atoms with Crippen LogP contribution >= 0.6 is 0 Å². The van der Waals surface area contributed by atoms with Crippen molar-refractivity contribution in [3.8, 4) is 11.8 Å². The van der Waals surface area contributed by atoms with Crippen LogP contribution in [-0.4, -0.2) is 12.1 Å². The lowest BCUT2D eigenvalue weighted by Crippen LogP contribution is -1.87. The minimum Gasteiger partial charge on any atom is -0.495 e. The van der Waals surface area contributed by atoms with Gasteiger partial charge >= 0.3 is 0 Å². The third kappa shape index (κ3) is 1.04. The van der Waals surface area contributed by atoms with Gasteiger partial charge in [0.2, 0.25) is 0 Å². The first kappa shape index (κ1) is 7.69. The molecular formula is C10H8N2O. The van der Waals surface area contributed by atoms with Crippen molar-refractivity contribution in [1.82, 2.24) is 4.98 Å². The monoisotopic (exact) mass is 172 g/mol. The second-order valence-corrected chi connectivity index (χ2v) is 2.70. The van der Waals surface area contributed by atoms with Crippen molar-refractivity contribution < 1.29 is 4.74 Å². The maximum atomic E-state index is 8.81. The van der Waals surface area contributed by atoms with Crippen LogP contribution in [-0.2, 0) is 0 Å². The molecule has 3 heteroatoms. The number of nitrogens with zero attached hydrogens (tertiary/aromatic N) is 1. The molecule has 1 aromatic carbocycles. The van der Waals surface area contributed by atoms with Gasteiger partial charge in [-0.2, -0.15) is 5.26 Å². The fraction of sp³-hybridized carbons (Fsp3) is 0.100. The summed E-state index contributed by atoms with van der Waals surface area (Å²) in [6, 6.07) is 7.61. The molecule has 64 valence electrons. The predicted molar refractivity (Wildman–Crippen MR) is 49.6 cm³/mol. The predicted octanol–water partition coefficient (Wildman–Crippen LogP) is 2.05. The van der Waals surface area contributed by atoms with Gasteiger partial charge in [0.15, 0.2) is 0 Å². The number of nitrogens with one attached hydrogen (secondary N) is 1. The lowest BCUT2D eigenvalue weighted by Gasteiger charge is -2.02. The zero-order valence-electron chi connectivity index (χ0n) is 7.16. The maximum absolute atomic E-state index is 8.81. The molecule has 2 rings (SSSR count). The molecule has 0 radical (unpaired) electrons. The molecule has 1 N–H and O–H groups in total. The van der Waals surface area contributed by atoms with Crippen molar-refractivity contribution in [2.75, 3.05) is 7.11 Å². The molecular weight excluding hydrogens is 164 g/mol. The Hall–Kier alpha value is -1.95. The van der Waals surface area contributed by atoms with Crippen molar-refractivity contribution in [2.24, 2.45) is 0 Å². The Morgan fingerprint density at radius 2 is 2.23 bits per heavy atom. The first-order chi connectivity index (χ1) is 6.36. The number of rotatable bonds is 1. The van der Waals surface area contributed by atoms with Crippen LogP contribution in [0.2, 0.25) is 0 Å². The summed E-state index contributed by atoms with van der Waals surface area (Å²) in [6.45, 7) is 0. The van der Waals surface area contributed by atoms with Crippen LogP contribution < -0.4 is 4.74 Å². The highest BCUT2D eigenvalue weighted by atomic mass is 16.5. The molecule has 0 saturated heterocycles. The van der Waals surface area contributed by atoms with E-state index in [0.717, 1.165) is 10.9 Å². The SMILES string of the molecule is COc1c(C#N)ccc2[nH]ccc12. The van der Waals surface area contributed by atoms with Gasteiger partial charge in [0, 0.05) is 17.1 Å². The van der Waals surface area contributed by atoms with Crippen LogP contribution in [0.4, 0.5) is 0 Å². The van der Waals surface area contributed by atoms with Gasteiger partial charge in [-0.05, 0) is 18.2 Å². The third-order valence-corrected chi connectivity index (χ3v) is 2.01. The number of aromatic amines is 1. The van der Waals surface area contributed by atoms with E-state index in [1.54, 1.807) is 13.2 Å². The molecule has 3 nitrogen and oxygen atoms in total. The summed E-state index contributed by atoms with van der Waals surface area (Å²) in [5.74, 6) is 0.640. The van der Waals surface area contributed by atoms with E-state index < -0.39 is 0 Å². The molecule has 0 aliphatic rings. The number of benzene rings is 1. The molecule has 0 aliphatic heterocycles. The van der Waals surface area contributed by atoms with Crippen molar-refractivity contribution in [3.05, 3.63) is 30.0 Å². The fourth-order valence-corrected chi connectivity index (χ4v) is 1.41. The highest BCUT2D eigenvalue weighted by Gasteiger charge is 2.07. The summed E-state index contributed by atoms with van der Waals surface area (Å²) in [5, 5.41) is 9.75. The molecule has 0 spiro atoms. The molecule has 1 aromatic heterocycles. The number of hydrogen-bond donors (Lipinski definition) is 1. The van der Waals surface area contributed by atoms with Crippen LogP contribution in [0, 0.1) is 11.3 Å². The van der Waals surface area contributed by atoms with Crippen molar-refractivity contribution in [3.63, 3.8) is 0 Å². The summed E-state index contributed by atoms with van der Waals surface area (Å²) in [6.07, 6.45) is 1.83. The van der Waals surface area contributed by atoms with Crippen molar-refractivity contribution in [1.29, 1.82) is 5.26 Å². The number of H-pyrrole nitrogens is 1. The first-order valence-corrected chi connectivity index (χ1v) is 3.91. The zero-order valence-corrected chi connectivity index (χ0v) is 7.16. The third-order valence-electron chi connectivity index (χ3n) is 2.01. The van der Waals surface area contributed by atoms with Gasteiger partial charge in [0.1, 0.15) is 11.8 Å². The second kappa shape index (κ2) is 2.83. The molecule has 0 fully saturated rings. The Morgan fingerprint density at radius 3 is 2.92 bits per heavy atom. The summed E-state index contributed by atoms with van der Waals surface area (Å²) in [7, 11) is 1.57. The molecule has 1 heterocycles. The van der Waals surface area contributed by atoms with E-state index in [9.17, 15) is 0 Å². The minimum absolute atomic E-state index is 0.564. The highest BCUT2D eigenvalue weighted by Crippen LogP contribution is 2.28. The van der Waals surface area contributed by atoms with E-state index in [-0.39, 0.29) is 0 Å². The maximum Gasteiger partial charge on any atom is 0.145 e. The largest absolute Gasteiger partial charge is 0.495 e. The topological polar surface area (TPSA) is 48.8 Å². The van der Waals surface area contributed by atoms with Gasteiger partial charge in [0.05, 0.1) is 12.7 Å². The number of aromatic nitrogens is 1. The lowest BCUT2D eigenvalue weighted by atomic mass is 10.1. The number of fused-ring (bicyclic) bond motifs is 1. The second-order valence-electron chi connectivity index (χ2n) is 2.70. The smallest absolute Gasteiger partial charge is 0.145 e. The minimum atomic E-state index is 0.564. The molecule has 0 aliphatic carbocycles. The van der Waals surface area contributed by atoms with Gasteiger partial charge in [0.25, 0.3) is 0 Å². The zero-order chi connectivity index (χ0) is 9.26. The molecule has 0 amide bonds. The Labute approximate surface area is 75.6 Å². The van der Waals surface area contributed by atoms with Crippen LogP contribution in [0.3, 0.4) is 0 Å². The van der Waals surface area contributed by atoms with E-state index in [0.29, 0.717) is 11.3 Å². The summed E-state index contributed by atoms with van der Waals surface area (Å²) in [4.78, 5) is 3.06. The molecule has 0 bridgehead atoms. The molecule has 13 heavy (non-hydrogen) atoms. The average molecular weight is 172 g/mol. The Bertz CT molecular complexity index is 479. The van der Waals surface area contributed by atoms with Gasteiger partial charge < -0.3 is 9.72 Å². The first-order valence-electron chi connectivity index (χ1n) is 3.91. The van der Waals surface area contributed by atoms with E-state index in [1.165, 1.54) is 0 Å². The van der Waals surface area contributed by atoms with E-state index >= 15 is 0 Å². The summed E-state index contributed by atoms with van der Waals surface area (Å²) >= 11 is 0. The van der Waals surface area contributed by atoms with Crippen LogP contribution in [0.1, 0.15) is 5.56 Å². The van der Waals surface area contributed by atoms with Crippen molar-refractivity contribution >= 4 is 10.9 Å². The Kier molecular flexibility index (Phi) is 1.67. The van der Waals surface area contributed by atoms with Crippen LogP contribution in [0.15, 0.2) is 24.4 Å². The van der Waals surface area contributed by atoms with Crippen LogP contribution in [0.25, 0.3) is 10.9 Å². The lowest BCUT2D eigenvalue weighted by molar-refractivity contribution is 0.418. The molecule has 0 atom stereocenters. The Balaban J connectivity index is 2.84. The van der Waals surface area contributed by atoms with Crippen molar-refractivity contribution in [2.45, 2.75) is 0 Å². The van der Waals surface area contributed by atoms with E-state index in [4.69, 9.17) is 10.00 Å². The van der Waals surface area contributed by atoms with Gasteiger partial charge in [-0.15, -0.1) is 0 Å². The van der Waals surface area contributed by atoms with Crippen LogP contribution in [0.5, 0.6) is 5.75 Å². The normalized spacial score (nSPS) is 9.85. The van der Waals surface area contributed by atoms with E-state index in [2.05, 4.69) is 11.1 Å². The number of nitriles is 1. The quantitative estimate of drug-likeness (QED) is 0.715. The highest BCUT2D eigenvalue weighted by molar-refractivity contribution is 5.88. The van der Waals surface area contributed by atoms with Gasteiger partial charge in [-0.25, -0.2) is 0 Å². The molecule has 0 saturated carbocycles. The van der Waals surface area contributed by atoms with E-state index in [1.807, 2.05) is 18.3 Å². The molecule has 2 aromatic rings. The number of hydrogen-bond acceptors (Lipinski definition) is 2. The molecule has 0 unspecified atom stereocenters. The fourth-order valence-electron chi connectivity index (χ4n) is 1.41. The van der Waals surface area contributed by atoms with Gasteiger partial charge in [-0.3, -0.25) is 0 Å². The summed E-state index contributed by atoms with van der Waals surface area (Å²) in [5.41, 5.74) is 1.55. The number of methoxy groups -OCH3 is 1. The average Bonchev–Trinajstić information content (AvgIpc) is 2.63. The van der Waals surface area contributed by atoms with Gasteiger partial charge in [-0.1, -0.05) is 0 Å². The standard InChI is InChI=1S/C10H8N2O/c1-13-10-7(6-11)2-3-9-8(10)4-5-12-9/h2-5,12H,1H3. The number of ether oxygens (including phenoxy) is 1.